The Morgan fingerprint density at radius 2 is 2.00 bits per heavy atom. The Balaban J connectivity index is 2.46. The summed E-state index contributed by atoms with van der Waals surface area (Å²) in [5, 5.41) is 7.23. The summed E-state index contributed by atoms with van der Waals surface area (Å²) in [7, 11) is 1.61. The summed E-state index contributed by atoms with van der Waals surface area (Å²) in [6, 6.07) is 0. The van der Waals surface area contributed by atoms with Crippen LogP contribution < -0.4 is 5.32 Å². The highest BCUT2D eigenvalue weighted by Gasteiger charge is 2.21. The van der Waals surface area contributed by atoms with Crippen molar-refractivity contribution in [3.8, 4) is 0 Å². The van der Waals surface area contributed by atoms with E-state index in [0.29, 0.717) is 32.8 Å². The number of aryl methyl sites for hydroxylation is 2. The fraction of sp³-hybridized carbons (Fsp3) is 0.750. The van der Waals surface area contributed by atoms with Gasteiger partial charge in [-0.25, -0.2) is 4.79 Å². The van der Waals surface area contributed by atoms with Crippen molar-refractivity contribution in [3.63, 3.8) is 0 Å². The third-order valence-corrected chi connectivity index (χ3v) is 3.26. The van der Waals surface area contributed by atoms with Crippen molar-refractivity contribution in [2.24, 2.45) is 0 Å². The minimum atomic E-state index is -0.507. The maximum absolute atomic E-state index is 12.2. The van der Waals surface area contributed by atoms with Crippen molar-refractivity contribution in [2.75, 3.05) is 33.4 Å². The average Bonchev–Trinajstić information content (AvgIpc) is 2.75. The van der Waals surface area contributed by atoms with E-state index >= 15 is 0 Å². The Bertz CT molecular complexity index is 475. The largest absolute Gasteiger partial charge is 0.444 e. The molecule has 0 aliphatic heterocycles. The van der Waals surface area contributed by atoms with Gasteiger partial charge in [-0.1, -0.05) is 5.16 Å². The number of hydrogen-bond donors (Lipinski definition) is 1. The van der Waals surface area contributed by atoms with E-state index in [0.717, 1.165) is 17.0 Å². The lowest BCUT2D eigenvalue weighted by Crippen LogP contribution is -2.42. The maximum Gasteiger partial charge on any atom is 0.410 e. The number of ether oxygens (including phenoxy) is 2. The molecule has 0 atom stereocenters. The molecule has 1 rings (SSSR count). The van der Waals surface area contributed by atoms with Crippen molar-refractivity contribution >= 4 is 6.09 Å². The highest BCUT2D eigenvalue weighted by molar-refractivity contribution is 5.68. The Kier molecular flexibility index (Phi) is 7.51. The third kappa shape index (κ3) is 7.00. The van der Waals surface area contributed by atoms with Crippen LogP contribution >= 0.6 is 0 Å². The van der Waals surface area contributed by atoms with E-state index in [1.54, 1.807) is 12.0 Å². The standard InChI is InChI=1S/C16H29N3O4/c1-12-14(13(2)23-18-12)11-17-7-8-19(9-10-21-6)15(20)22-16(3,4)5/h17H,7-11H2,1-6H3. The summed E-state index contributed by atoms with van der Waals surface area (Å²) < 4.78 is 15.6. The lowest BCUT2D eigenvalue weighted by atomic mass is 10.2. The van der Waals surface area contributed by atoms with Crippen LogP contribution in [0.5, 0.6) is 0 Å². The second-order valence-electron chi connectivity index (χ2n) is 6.44. The molecule has 0 aliphatic rings. The van der Waals surface area contributed by atoms with Gasteiger partial charge in [0.15, 0.2) is 0 Å². The topological polar surface area (TPSA) is 76.8 Å². The smallest absolute Gasteiger partial charge is 0.410 e. The molecule has 0 fully saturated rings. The molecule has 0 saturated heterocycles. The molecule has 1 N–H and O–H groups in total. The first-order chi connectivity index (χ1) is 10.7. The van der Waals surface area contributed by atoms with E-state index in [9.17, 15) is 4.79 Å². The summed E-state index contributed by atoms with van der Waals surface area (Å²) in [6.07, 6.45) is -0.325. The monoisotopic (exact) mass is 327 g/mol. The number of amides is 1. The van der Waals surface area contributed by atoms with Crippen LogP contribution in [0.2, 0.25) is 0 Å². The Hall–Kier alpha value is -1.60. The van der Waals surface area contributed by atoms with Crippen molar-refractivity contribution in [2.45, 2.75) is 46.8 Å². The Morgan fingerprint density at radius 3 is 2.52 bits per heavy atom. The number of nitrogens with one attached hydrogen (secondary N) is 1. The molecule has 1 amide bonds. The van der Waals surface area contributed by atoms with Gasteiger partial charge in [0.25, 0.3) is 0 Å². The molecule has 0 saturated carbocycles. The van der Waals surface area contributed by atoms with Gasteiger partial charge in [0.2, 0.25) is 0 Å². The molecule has 1 aromatic rings. The SMILES string of the molecule is COCCN(CCNCc1c(C)noc1C)C(=O)OC(C)(C)C. The molecule has 1 aromatic heterocycles. The summed E-state index contributed by atoms with van der Waals surface area (Å²) in [4.78, 5) is 13.8. The summed E-state index contributed by atoms with van der Waals surface area (Å²) >= 11 is 0. The van der Waals surface area contributed by atoms with Crippen LogP contribution in [-0.2, 0) is 16.0 Å². The van der Waals surface area contributed by atoms with E-state index in [4.69, 9.17) is 14.0 Å². The minimum Gasteiger partial charge on any atom is -0.444 e. The molecular weight excluding hydrogens is 298 g/mol. The Labute approximate surface area is 138 Å². The van der Waals surface area contributed by atoms with E-state index < -0.39 is 5.60 Å². The zero-order chi connectivity index (χ0) is 17.5. The lowest BCUT2D eigenvalue weighted by molar-refractivity contribution is 0.0204. The third-order valence-electron chi connectivity index (χ3n) is 3.26. The maximum atomic E-state index is 12.2. The zero-order valence-corrected chi connectivity index (χ0v) is 15.1. The summed E-state index contributed by atoms with van der Waals surface area (Å²) in [5.41, 5.74) is 1.44. The fourth-order valence-corrected chi connectivity index (χ4v) is 2.00. The molecule has 0 bridgehead atoms. The summed E-state index contributed by atoms with van der Waals surface area (Å²) in [6.45, 7) is 12.2. The number of carbonyl (C=O) groups excluding carboxylic acids is 1. The van der Waals surface area contributed by atoms with Gasteiger partial charge in [-0.2, -0.15) is 0 Å². The van der Waals surface area contributed by atoms with Gasteiger partial charge < -0.3 is 24.2 Å². The molecule has 23 heavy (non-hydrogen) atoms. The lowest BCUT2D eigenvalue weighted by Gasteiger charge is -2.27. The number of rotatable bonds is 8. The highest BCUT2D eigenvalue weighted by Crippen LogP contribution is 2.12. The van der Waals surface area contributed by atoms with E-state index in [2.05, 4.69) is 10.5 Å². The highest BCUT2D eigenvalue weighted by atomic mass is 16.6. The molecule has 7 nitrogen and oxygen atoms in total. The van der Waals surface area contributed by atoms with Crippen LogP contribution in [0.15, 0.2) is 4.52 Å². The molecule has 0 radical (unpaired) electrons. The zero-order valence-electron chi connectivity index (χ0n) is 15.1. The quantitative estimate of drug-likeness (QED) is 0.738. The van der Waals surface area contributed by atoms with Gasteiger partial charge >= 0.3 is 6.09 Å². The van der Waals surface area contributed by atoms with Crippen LogP contribution in [-0.4, -0.2) is 55.1 Å². The number of nitrogens with zero attached hydrogens (tertiary/aromatic N) is 2. The first kappa shape index (κ1) is 19.4. The minimum absolute atomic E-state index is 0.325. The van der Waals surface area contributed by atoms with Crippen LogP contribution in [0.4, 0.5) is 4.79 Å². The predicted molar refractivity (Wildman–Crippen MR) is 87.4 cm³/mol. The average molecular weight is 327 g/mol. The van der Waals surface area contributed by atoms with Gasteiger partial charge in [0, 0.05) is 38.9 Å². The first-order valence-electron chi connectivity index (χ1n) is 7.84. The van der Waals surface area contributed by atoms with Crippen molar-refractivity contribution in [1.29, 1.82) is 0 Å². The first-order valence-corrected chi connectivity index (χ1v) is 7.84. The molecule has 132 valence electrons. The molecule has 0 unspecified atom stereocenters. The molecule has 0 aromatic carbocycles. The predicted octanol–water partition coefficient (Wildman–Crippen LogP) is 2.26. The molecule has 0 aliphatic carbocycles. The van der Waals surface area contributed by atoms with Crippen LogP contribution in [0.3, 0.4) is 0 Å². The number of carbonyl (C=O) groups is 1. The summed E-state index contributed by atoms with van der Waals surface area (Å²) in [5.74, 6) is 0.818. The van der Waals surface area contributed by atoms with Crippen molar-refractivity contribution in [1.82, 2.24) is 15.4 Å². The van der Waals surface area contributed by atoms with Crippen LogP contribution in [0.1, 0.15) is 37.8 Å². The Morgan fingerprint density at radius 1 is 1.30 bits per heavy atom. The van der Waals surface area contributed by atoms with Crippen molar-refractivity contribution in [3.05, 3.63) is 17.0 Å². The van der Waals surface area contributed by atoms with E-state index in [-0.39, 0.29) is 6.09 Å². The second kappa shape index (κ2) is 8.88. The number of aromatic nitrogens is 1. The normalized spacial score (nSPS) is 11.6. The van der Waals surface area contributed by atoms with Crippen LogP contribution in [0, 0.1) is 13.8 Å². The van der Waals surface area contributed by atoms with Gasteiger partial charge in [0.05, 0.1) is 12.3 Å². The molecule has 7 heteroatoms. The second-order valence-corrected chi connectivity index (χ2v) is 6.44. The van der Waals surface area contributed by atoms with E-state index in [1.165, 1.54) is 0 Å². The number of hydrogen-bond acceptors (Lipinski definition) is 6. The van der Waals surface area contributed by atoms with Gasteiger partial charge in [-0.15, -0.1) is 0 Å². The van der Waals surface area contributed by atoms with Gasteiger partial charge in [-0.3, -0.25) is 0 Å². The molecule has 0 spiro atoms. The van der Waals surface area contributed by atoms with Crippen molar-refractivity contribution < 1.29 is 18.8 Å². The van der Waals surface area contributed by atoms with Crippen LogP contribution in [0.25, 0.3) is 0 Å². The molecule has 1 heterocycles. The number of methoxy groups -OCH3 is 1. The molecular formula is C16H29N3O4. The van der Waals surface area contributed by atoms with Gasteiger partial charge in [0.1, 0.15) is 11.4 Å². The fourth-order valence-electron chi connectivity index (χ4n) is 2.00. The van der Waals surface area contributed by atoms with Gasteiger partial charge in [-0.05, 0) is 34.6 Å². The van der Waals surface area contributed by atoms with E-state index in [1.807, 2.05) is 34.6 Å².